The third-order valence-corrected chi connectivity index (χ3v) is 5.45. The zero-order valence-electron chi connectivity index (χ0n) is 23.4. The van der Waals surface area contributed by atoms with Crippen molar-refractivity contribution in [2.24, 2.45) is 0 Å². The van der Waals surface area contributed by atoms with Crippen LogP contribution < -0.4 is 0 Å². The van der Waals surface area contributed by atoms with Gasteiger partial charge in [0.15, 0.2) is 0 Å². The van der Waals surface area contributed by atoms with Crippen molar-refractivity contribution >= 4 is 39.5 Å². The molecule has 0 spiro atoms. The number of hydrogen-bond donors (Lipinski definition) is 0. The van der Waals surface area contributed by atoms with E-state index in [0.29, 0.717) is 0 Å². The zero-order valence-corrected chi connectivity index (χ0v) is 29.4. The van der Waals surface area contributed by atoms with E-state index >= 15 is 0 Å². The molecule has 0 bridgehead atoms. The first-order valence-electron chi connectivity index (χ1n) is 13.2. The van der Waals surface area contributed by atoms with Gasteiger partial charge in [-0.25, -0.2) is 0 Å². The van der Waals surface area contributed by atoms with E-state index in [-0.39, 0.29) is 41.3 Å². The molecular weight excluding hydrogens is 633 g/mol. The van der Waals surface area contributed by atoms with Gasteiger partial charge in [0, 0.05) is 41.3 Å². The van der Waals surface area contributed by atoms with Gasteiger partial charge in [0.05, 0.1) is 0 Å². The molecule has 0 aromatic heterocycles. The van der Waals surface area contributed by atoms with Crippen molar-refractivity contribution < 1.29 is 41.3 Å². The van der Waals surface area contributed by atoms with Crippen LogP contribution in [-0.2, 0) is 0 Å². The van der Waals surface area contributed by atoms with Gasteiger partial charge in [-0.05, 0) is 0 Å². The summed E-state index contributed by atoms with van der Waals surface area (Å²) in [5.41, 5.74) is 5.18. The maximum absolute atomic E-state index is 6.72. The van der Waals surface area contributed by atoms with Crippen LogP contribution in [0.4, 0.5) is 0 Å². The molecule has 199 valence electrons. The van der Waals surface area contributed by atoms with Crippen molar-refractivity contribution in [2.45, 2.75) is 26.2 Å². The van der Waals surface area contributed by atoms with E-state index in [1.54, 1.807) is 0 Å². The minimum Gasteiger partial charge on any atom is -0.682 e. The van der Waals surface area contributed by atoms with Crippen molar-refractivity contribution in [2.75, 3.05) is 0 Å². The van der Waals surface area contributed by atoms with Crippen LogP contribution in [0, 0.1) is 41.3 Å². The van der Waals surface area contributed by atoms with Gasteiger partial charge >= 0.3 is 0 Å². The molecule has 0 aliphatic rings. The molecule has 1 radical (unpaired) electrons. The summed E-state index contributed by atoms with van der Waals surface area (Å²) in [5.74, 6) is 0. The summed E-state index contributed by atoms with van der Waals surface area (Å²) in [5, 5.41) is 18.7. The maximum Gasteiger partial charge on any atom is 0 e. The molecule has 0 fully saturated rings. The fourth-order valence-corrected chi connectivity index (χ4v) is 3.90. The Kier molecular flexibility index (Phi) is 14.8. The third kappa shape index (κ3) is 11.4. The van der Waals surface area contributed by atoms with Crippen molar-refractivity contribution in [1.29, 1.82) is 0 Å². The molecule has 2 N–H and O–H groups in total. The van der Waals surface area contributed by atoms with E-state index < -0.39 is 17.9 Å². The van der Waals surface area contributed by atoms with E-state index in [2.05, 4.69) is 121 Å². The summed E-state index contributed by atoms with van der Waals surface area (Å²) in [6.07, 6.45) is 0. The number of rotatable bonds is 2. The summed E-state index contributed by atoms with van der Waals surface area (Å²) in [7, 11) is -1.78. The summed E-state index contributed by atoms with van der Waals surface area (Å²) >= 11 is 0. The SMILES string of the molecule is C[SiH](C)[NH-].C[SiH](C)[NH-].[Pr].c1ccc(-c2cc3ccccc3[cH-]2)cc1.c1ccc(-c2cc3ccccc3[cH-]2)cc1. The number of hydrogen-bond acceptors (Lipinski definition) is 0. The molecule has 0 aliphatic carbocycles. The molecule has 0 atom stereocenters. The Labute approximate surface area is 271 Å². The molecule has 0 amide bonds. The first kappa shape index (κ1) is 33.0. The van der Waals surface area contributed by atoms with Crippen molar-refractivity contribution in [1.82, 2.24) is 0 Å². The largest absolute Gasteiger partial charge is 0.682 e. The van der Waals surface area contributed by atoms with E-state index in [1.807, 2.05) is 38.3 Å². The molecule has 0 saturated carbocycles. The molecular formula is C34H38N2PrSi2-4. The van der Waals surface area contributed by atoms with E-state index in [4.69, 9.17) is 10.8 Å². The Morgan fingerprint density at radius 2 is 0.744 bits per heavy atom. The molecule has 0 saturated heterocycles. The number of fused-ring (bicyclic) bond motifs is 2. The van der Waals surface area contributed by atoms with Crippen LogP contribution in [-0.4, -0.2) is 17.9 Å². The van der Waals surface area contributed by atoms with Crippen molar-refractivity contribution in [3.8, 4) is 22.3 Å². The average molecular weight is 672 g/mol. The first-order valence-corrected chi connectivity index (χ1v) is 18.9. The van der Waals surface area contributed by atoms with Crippen LogP contribution in [0.25, 0.3) is 54.6 Å². The Hall–Kier alpha value is -2.18. The summed E-state index contributed by atoms with van der Waals surface area (Å²) < 4.78 is 0. The molecule has 2 nitrogen and oxygen atoms in total. The summed E-state index contributed by atoms with van der Waals surface area (Å²) in [6, 6.07) is 46.9. The van der Waals surface area contributed by atoms with Gasteiger partial charge in [0.2, 0.25) is 0 Å². The molecule has 6 aromatic rings. The Balaban J connectivity index is 0.000000212. The standard InChI is InChI=1S/2C15H11.2C2H8NSi.Pr/c2*1-2-6-12(7-3-1)15-10-13-8-4-5-9-14(13)11-15;2*1-4(2)3;/h2*1-11H;2*3-4H,1-2H3;/q4*-1;. The predicted molar refractivity (Wildman–Crippen MR) is 176 cm³/mol. The fraction of sp³-hybridized carbons (Fsp3) is 0.118. The van der Waals surface area contributed by atoms with Gasteiger partial charge in [0.1, 0.15) is 0 Å². The van der Waals surface area contributed by atoms with E-state index in [0.717, 1.165) is 0 Å². The van der Waals surface area contributed by atoms with Gasteiger partial charge in [-0.1, -0.05) is 152 Å². The molecule has 0 heterocycles. The summed E-state index contributed by atoms with van der Waals surface area (Å²) in [4.78, 5) is 0. The third-order valence-electron chi connectivity index (χ3n) is 5.45. The number of benzene rings is 4. The van der Waals surface area contributed by atoms with Gasteiger partial charge in [0.25, 0.3) is 0 Å². The van der Waals surface area contributed by atoms with Crippen LogP contribution >= 0.6 is 0 Å². The second-order valence-corrected chi connectivity index (χ2v) is 14.4. The Morgan fingerprint density at radius 3 is 1.05 bits per heavy atom. The molecule has 6 rings (SSSR count). The van der Waals surface area contributed by atoms with E-state index in [9.17, 15) is 0 Å². The van der Waals surface area contributed by atoms with Crippen LogP contribution in [0.15, 0.2) is 133 Å². The monoisotopic (exact) mass is 671 g/mol. The second-order valence-electron chi connectivity index (χ2n) is 9.79. The topological polar surface area (TPSA) is 47.6 Å². The predicted octanol–water partition coefficient (Wildman–Crippen LogP) is 10.5. The first-order chi connectivity index (χ1) is 18.3. The Morgan fingerprint density at radius 1 is 0.462 bits per heavy atom. The van der Waals surface area contributed by atoms with Crippen LogP contribution in [0.1, 0.15) is 0 Å². The minimum absolute atomic E-state index is 0. The maximum atomic E-state index is 6.72. The zero-order chi connectivity index (χ0) is 27.3. The van der Waals surface area contributed by atoms with Crippen LogP contribution in [0.3, 0.4) is 0 Å². The smallest absolute Gasteiger partial charge is 0 e. The molecule has 0 unspecified atom stereocenters. The van der Waals surface area contributed by atoms with Gasteiger partial charge < -0.3 is 10.8 Å². The molecule has 6 aromatic carbocycles. The fourth-order valence-electron chi connectivity index (χ4n) is 3.90. The van der Waals surface area contributed by atoms with Crippen LogP contribution in [0.5, 0.6) is 0 Å². The second kappa shape index (κ2) is 17.5. The van der Waals surface area contributed by atoms with Crippen LogP contribution in [0.2, 0.25) is 26.2 Å². The summed E-state index contributed by atoms with van der Waals surface area (Å²) in [6.45, 7) is 7.89. The van der Waals surface area contributed by atoms with Gasteiger partial charge in [-0.3, -0.25) is 0 Å². The van der Waals surface area contributed by atoms with Gasteiger partial charge in [-0.15, -0.1) is 69.1 Å². The van der Waals surface area contributed by atoms with Crippen molar-refractivity contribution in [3.05, 3.63) is 144 Å². The normalized spacial score (nSPS) is 10.1. The Bertz CT molecular complexity index is 1300. The van der Waals surface area contributed by atoms with Crippen molar-refractivity contribution in [3.63, 3.8) is 0 Å². The minimum atomic E-state index is -0.889. The quantitative estimate of drug-likeness (QED) is 0.130. The molecule has 39 heavy (non-hydrogen) atoms. The average Bonchev–Trinajstić information content (AvgIpc) is 3.54. The van der Waals surface area contributed by atoms with E-state index in [1.165, 1.54) is 43.8 Å². The van der Waals surface area contributed by atoms with Gasteiger partial charge in [-0.2, -0.15) is 0 Å². The molecule has 5 heteroatoms. The molecule has 0 aliphatic heterocycles. The number of nitrogens with one attached hydrogen (secondary N) is 2.